The lowest BCUT2D eigenvalue weighted by molar-refractivity contribution is -0.130. The number of hydrogen-bond donors (Lipinski definition) is 1. The number of methoxy groups -OCH3 is 1. The van der Waals surface area contributed by atoms with E-state index < -0.39 is 0 Å². The van der Waals surface area contributed by atoms with Gasteiger partial charge in [-0.15, -0.1) is 0 Å². The van der Waals surface area contributed by atoms with Gasteiger partial charge < -0.3 is 15.0 Å². The number of rotatable bonds is 9. The summed E-state index contributed by atoms with van der Waals surface area (Å²) in [6, 6.07) is 11.5. The van der Waals surface area contributed by atoms with Crippen molar-refractivity contribution in [3.63, 3.8) is 0 Å². The average Bonchev–Trinajstić information content (AvgIpc) is 2.66. The Kier molecular flexibility index (Phi) is 7.61. The van der Waals surface area contributed by atoms with E-state index >= 15 is 0 Å². The lowest BCUT2D eigenvalue weighted by Gasteiger charge is -2.20. The Labute approximate surface area is 154 Å². The highest BCUT2D eigenvalue weighted by atomic mass is 16.5. The fraction of sp³-hybridized carbons (Fsp3) is 0.350. The van der Waals surface area contributed by atoms with Gasteiger partial charge in [-0.1, -0.05) is 18.2 Å². The summed E-state index contributed by atoms with van der Waals surface area (Å²) in [5.41, 5.74) is 2.05. The van der Waals surface area contributed by atoms with Gasteiger partial charge in [0.2, 0.25) is 11.8 Å². The van der Waals surface area contributed by atoms with Gasteiger partial charge in [-0.05, 0) is 35.7 Å². The van der Waals surface area contributed by atoms with Gasteiger partial charge in [0.05, 0.1) is 7.11 Å². The van der Waals surface area contributed by atoms with Gasteiger partial charge in [0, 0.05) is 45.4 Å². The molecular formula is C20H25N3O3. The minimum atomic E-state index is -0.0645. The fourth-order valence-corrected chi connectivity index (χ4v) is 2.56. The molecule has 0 aliphatic rings. The van der Waals surface area contributed by atoms with Crippen molar-refractivity contribution in [1.82, 2.24) is 15.2 Å². The van der Waals surface area contributed by atoms with E-state index in [-0.39, 0.29) is 18.2 Å². The zero-order chi connectivity index (χ0) is 18.8. The molecule has 0 saturated carbocycles. The molecule has 0 fully saturated rings. The first kappa shape index (κ1) is 19.4. The predicted octanol–water partition coefficient (Wildman–Crippen LogP) is 2.19. The van der Waals surface area contributed by atoms with E-state index in [1.54, 1.807) is 24.4 Å². The van der Waals surface area contributed by atoms with Gasteiger partial charge in [0.15, 0.2) is 0 Å². The molecule has 26 heavy (non-hydrogen) atoms. The summed E-state index contributed by atoms with van der Waals surface area (Å²) in [6.45, 7) is 2.90. The molecule has 0 bridgehead atoms. The maximum Gasteiger partial charge on any atom is 0.221 e. The highest BCUT2D eigenvalue weighted by Gasteiger charge is 2.12. The van der Waals surface area contributed by atoms with Crippen LogP contribution in [0.2, 0.25) is 0 Å². The maximum absolute atomic E-state index is 12.0. The van der Waals surface area contributed by atoms with Crippen molar-refractivity contribution in [3.8, 4) is 5.75 Å². The third-order valence-electron chi connectivity index (χ3n) is 4.02. The van der Waals surface area contributed by atoms with E-state index in [0.29, 0.717) is 19.6 Å². The lowest BCUT2D eigenvalue weighted by atomic mass is 10.1. The van der Waals surface area contributed by atoms with Crippen molar-refractivity contribution in [3.05, 3.63) is 59.9 Å². The van der Waals surface area contributed by atoms with Gasteiger partial charge in [0.1, 0.15) is 5.75 Å². The summed E-state index contributed by atoms with van der Waals surface area (Å²) in [4.78, 5) is 29.5. The van der Waals surface area contributed by atoms with Crippen LogP contribution in [0.4, 0.5) is 0 Å². The lowest BCUT2D eigenvalue weighted by Crippen LogP contribution is -2.34. The number of hydrogen-bond acceptors (Lipinski definition) is 4. The quantitative estimate of drug-likeness (QED) is 0.748. The zero-order valence-corrected chi connectivity index (χ0v) is 15.3. The first-order valence-corrected chi connectivity index (χ1v) is 8.62. The number of ether oxygens (including phenoxy) is 1. The van der Waals surface area contributed by atoms with Crippen LogP contribution in [0.5, 0.6) is 5.75 Å². The highest BCUT2D eigenvalue weighted by Crippen LogP contribution is 2.12. The third kappa shape index (κ3) is 6.55. The van der Waals surface area contributed by atoms with Gasteiger partial charge >= 0.3 is 0 Å². The standard InChI is InChI=1S/C20H25N3O3/c1-16(24)23(15-18-6-4-10-21-14-18)12-9-20(25)22-11-8-17-5-3-7-19(13-17)26-2/h3-7,10,13-14H,8-9,11-12,15H2,1-2H3,(H,22,25). The molecule has 0 aliphatic carbocycles. The van der Waals surface area contributed by atoms with E-state index in [9.17, 15) is 9.59 Å². The number of carbonyl (C=O) groups excluding carboxylic acids is 2. The average molecular weight is 355 g/mol. The van der Waals surface area contributed by atoms with E-state index in [0.717, 1.165) is 23.3 Å². The van der Waals surface area contributed by atoms with Crippen molar-refractivity contribution < 1.29 is 14.3 Å². The SMILES string of the molecule is COc1cccc(CCNC(=O)CCN(Cc2cccnc2)C(C)=O)c1. The summed E-state index contributed by atoms with van der Waals surface area (Å²) in [6.07, 6.45) is 4.43. The van der Waals surface area contributed by atoms with Crippen LogP contribution < -0.4 is 10.1 Å². The van der Waals surface area contributed by atoms with Crippen LogP contribution in [0.1, 0.15) is 24.5 Å². The Hall–Kier alpha value is -2.89. The highest BCUT2D eigenvalue weighted by molar-refractivity contribution is 5.78. The number of benzene rings is 1. The first-order chi connectivity index (χ1) is 12.6. The van der Waals surface area contributed by atoms with Crippen LogP contribution in [0, 0.1) is 0 Å². The minimum Gasteiger partial charge on any atom is -0.497 e. The second-order valence-electron chi connectivity index (χ2n) is 6.00. The Morgan fingerprint density at radius 1 is 1.19 bits per heavy atom. The molecule has 0 radical (unpaired) electrons. The van der Waals surface area contributed by atoms with Crippen LogP contribution in [-0.4, -0.2) is 41.9 Å². The van der Waals surface area contributed by atoms with Crippen molar-refractivity contribution in [2.75, 3.05) is 20.2 Å². The van der Waals surface area contributed by atoms with Gasteiger partial charge in [-0.25, -0.2) is 0 Å². The van der Waals surface area contributed by atoms with Crippen LogP contribution in [-0.2, 0) is 22.6 Å². The normalized spacial score (nSPS) is 10.2. The molecule has 0 aliphatic heterocycles. The van der Waals surface area contributed by atoms with Crippen molar-refractivity contribution >= 4 is 11.8 Å². The van der Waals surface area contributed by atoms with Gasteiger partial charge in [-0.3, -0.25) is 14.6 Å². The second-order valence-corrected chi connectivity index (χ2v) is 6.00. The smallest absolute Gasteiger partial charge is 0.221 e. The van der Waals surface area contributed by atoms with Crippen LogP contribution >= 0.6 is 0 Å². The van der Waals surface area contributed by atoms with E-state index in [4.69, 9.17) is 4.74 Å². The second kappa shape index (κ2) is 10.2. The predicted molar refractivity (Wildman–Crippen MR) is 99.7 cm³/mol. The van der Waals surface area contributed by atoms with Crippen LogP contribution in [0.25, 0.3) is 0 Å². The maximum atomic E-state index is 12.0. The molecule has 6 nitrogen and oxygen atoms in total. The summed E-state index contributed by atoms with van der Waals surface area (Å²) in [5, 5.41) is 2.90. The molecule has 0 spiro atoms. The van der Waals surface area contributed by atoms with Gasteiger partial charge in [0.25, 0.3) is 0 Å². The number of pyridine rings is 1. The van der Waals surface area contributed by atoms with Crippen LogP contribution in [0.3, 0.4) is 0 Å². The number of carbonyl (C=O) groups is 2. The van der Waals surface area contributed by atoms with E-state index in [1.165, 1.54) is 6.92 Å². The zero-order valence-electron chi connectivity index (χ0n) is 15.3. The Morgan fingerprint density at radius 3 is 2.69 bits per heavy atom. The van der Waals surface area contributed by atoms with Crippen molar-refractivity contribution in [2.24, 2.45) is 0 Å². The molecule has 1 N–H and O–H groups in total. The molecule has 0 atom stereocenters. The Balaban J connectivity index is 1.74. The molecule has 2 amide bonds. The van der Waals surface area contributed by atoms with Crippen molar-refractivity contribution in [2.45, 2.75) is 26.3 Å². The fourth-order valence-electron chi connectivity index (χ4n) is 2.56. The number of amides is 2. The summed E-state index contributed by atoms with van der Waals surface area (Å²) >= 11 is 0. The molecule has 6 heteroatoms. The summed E-state index contributed by atoms with van der Waals surface area (Å²) < 4.78 is 5.19. The number of nitrogens with one attached hydrogen (secondary N) is 1. The molecule has 1 aromatic heterocycles. The topological polar surface area (TPSA) is 71.5 Å². The summed E-state index contributed by atoms with van der Waals surface area (Å²) in [5.74, 6) is 0.685. The largest absolute Gasteiger partial charge is 0.497 e. The molecule has 1 heterocycles. The molecule has 2 aromatic rings. The number of aromatic nitrogens is 1. The van der Waals surface area contributed by atoms with Gasteiger partial charge in [-0.2, -0.15) is 0 Å². The monoisotopic (exact) mass is 355 g/mol. The Bertz CT molecular complexity index is 719. The van der Waals surface area contributed by atoms with Crippen LogP contribution in [0.15, 0.2) is 48.8 Å². The third-order valence-corrected chi connectivity index (χ3v) is 4.02. The number of nitrogens with zero attached hydrogens (tertiary/aromatic N) is 2. The molecule has 0 saturated heterocycles. The molecule has 1 aromatic carbocycles. The first-order valence-electron chi connectivity index (χ1n) is 8.62. The minimum absolute atomic E-state index is 0.0574. The van der Waals surface area contributed by atoms with E-state index in [2.05, 4.69) is 10.3 Å². The molecule has 0 unspecified atom stereocenters. The molecular weight excluding hydrogens is 330 g/mol. The van der Waals surface area contributed by atoms with E-state index in [1.807, 2.05) is 36.4 Å². The molecule has 2 rings (SSSR count). The molecule has 138 valence electrons. The Morgan fingerprint density at radius 2 is 2.00 bits per heavy atom. The van der Waals surface area contributed by atoms with Crippen molar-refractivity contribution in [1.29, 1.82) is 0 Å². The summed E-state index contributed by atoms with van der Waals surface area (Å²) in [7, 11) is 1.63.